The molecule has 39 heavy (non-hydrogen) atoms. The second-order valence-corrected chi connectivity index (χ2v) is 15.4. The average molecular weight is 561 g/mol. The molecule has 1 aromatic carbocycles. The Labute approximate surface area is 235 Å². The van der Waals surface area contributed by atoms with Gasteiger partial charge in [-0.2, -0.15) is 8.42 Å². The summed E-state index contributed by atoms with van der Waals surface area (Å²) in [6.07, 6.45) is 8.46. The van der Waals surface area contributed by atoms with Gasteiger partial charge in [0.05, 0.1) is 24.2 Å². The standard InChI is InChI=1S/C32H48O6S/c1-20-6-10-24(11-7-20)39(35,36)38-23-16-17-31(3)22(18-23)9-12-25-27-14-13-26(21(2)8-15-30(34)37-5)32(27,4)29(33)19-28(25)31/h6-7,10-11,21-23,25-29,33H,8-9,12-19H2,1-5H3/t21-,22-,23-,25-,26+,27-,28-,29-,31-,32+/m0/s1. The van der Waals surface area contributed by atoms with Gasteiger partial charge in [-0.25, -0.2) is 0 Å². The Bertz CT molecular complexity index is 1150. The van der Waals surface area contributed by atoms with Crippen LogP contribution in [0.15, 0.2) is 29.2 Å². The molecule has 0 spiro atoms. The Morgan fingerprint density at radius 1 is 1.05 bits per heavy atom. The van der Waals surface area contributed by atoms with E-state index in [1.54, 1.807) is 12.1 Å². The monoisotopic (exact) mass is 560 g/mol. The van der Waals surface area contributed by atoms with Crippen molar-refractivity contribution in [1.82, 2.24) is 0 Å². The SMILES string of the molecule is COC(=O)CC[C@H](C)[C@H]1CC[C@H]2[C@@H]3CC[C@H]4C[C@@H](OS(=O)(=O)c5ccc(C)cc5)CC[C@]4(C)[C@H]3C[C@H](O)[C@]12C. The number of benzene rings is 1. The van der Waals surface area contributed by atoms with E-state index in [0.717, 1.165) is 63.4 Å². The summed E-state index contributed by atoms with van der Waals surface area (Å²) in [6.45, 7) is 8.95. The summed E-state index contributed by atoms with van der Waals surface area (Å²) in [7, 11) is -2.33. The van der Waals surface area contributed by atoms with Gasteiger partial charge < -0.3 is 9.84 Å². The van der Waals surface area contributed by atoms with Crippen LogP contribution in [0.2, 0.25) is 0 Å². The van der Waals surface area contributed by atoms with Crippen molar-refractivity contribution >= 4 is 16.1 Å². The molecule has 1 N–H and O–H groups in total. The third-order valence-corrected chi connectivity index (χ3v) is 13.5. The molecule has 0 aliphatic heterocycles. The van der Waals surface area contributed by atoms with Crippen LogP contribution in [0.3, 0.4) is 0 Å². The van der Waals surface area contributed by atoms with Crippen LogP contribution in [0, 0.1) is 53.3 Å². The molecule has 0 bridgehead atoms. The lowest BCUT2D eigenvalue weighted by molar-refractivity contribution is -0.173. The van der Waals surface area contributed by atoms with Crippen LogP contribution in [0.25, 0.3) is 0 Å². The van der Waals surface area contributed by atoms with Crippen molar-refractivity contribution < 1.29 is 27.2 Å². The van der Waals surface area contributed by atoms with Gasteiger partial charge in [0.15, 0.2) is 0 Å². The third kappa shape index (κ3) is 5.10. The zero-order valence-corrected chi connectivity index (χ0v) is 25.2. The van der Waals surface area contributed by atoms with E-state index in [0.29, 0.717) is 41.9 Å². The third-order valence-electron chi connectivity index (χ3n) is 12.1. The fourth-order valence-electron chi connectivity index (χ4n) is 9.82. The Balaban J connectivity index is 1.28. The molecule has 218 valence electrons. The molecule has 4 fully saturated rings. The van der Waals surface area contributed by atoms with Crippen molar-refractivity contribution in [3.05, 3.63) is 29.8 Å². The molecule has 0 radical (unpaired) electrons. The Kier molecular flexibility index (Phi) is 8.02. The van der Waals surface area contributed by atoms with Gasteiger partial charge >= 0.3 is 5.97 Å². The largest absolute Gasteiger partial charge is 0.469 e. The number of fused-ring (bicyclic) bond motifs is 5. The van der Waals surface area contributed by atoms with E-state index in [9.17, 15) is 18.3 Å². The number of methoxy groups -OCH3 is 1. The first-order valence-corrected chi connectivity index (χ1v) is 16.6. The molecular weight excluding hydrogens is 512 g/mol. The van der Waals surface area contributed by atoms with Crippen LogP contribution in [-0.2, 0) is 23.8 Å². The topological polar surface area (TPSA) is 89.9 Å². The lowest BCUT2D eigenvalue weighted by Gasteiger charge is -2.62. The first-order chi connectivity index (χ1) is 18.4. The van der Waals surface area contributed by atoms with Crippen LogP contribution in [-0.4, -0.2) is 38.8 Å². The smallest absolute Gasteiger partial charge is 0.305 e. The highest BCUT2D eigenvalue weighted by atomic mass is 32.2. The van der Waals surface area contributed by atoms with Crippen molar-refractivity contribution in [2.45, 2.75) is 109 Å². The molecule has 10 atom stereocenters. The molecule has 0 heterocycles. The van der Waals surface area contributed by atoms with Gasteiger partial charge in [-0.15, -0.1) is 0 Å². The van der Waals surface area contributed by atoms with Crippen LogP contribution in [0.4, 0.5) is 0 Å². The molecule has 4 saturated carbocycles. The number of aliphatic hydroxyl groups is 1. The van der Waals surface area contributed by atoms with E-state index >= 15 is 0 Å². The number of carbonyl (C=O) groups is 1. The lowest BCUT2D eigenvalue weighted by Crippen LogP contribution is -2.59. The predicted molar refractivity (Wildman–Crippen MR) is 150 cm³/mol. The molecule has 0 amide bonds. The van der Waals surface area contributed by atoms with Crippen LogP contribution >= 0.6 is 0 Å². The van der Waals surface area contributed by atoms with Gasteiger partial charge in [0.25, 0.3) is 10.1 Å². The molecule has 0 unspecified atom stereocenters. The zero-order chi connectivity index (χ0) is 28.2. The minimum absolute atomic E-state index is 0.104. The average Bonchev–Trinajstić information content (AvgIpc) is 3.26. The highest BCUT2D eigenvalue weighted by Gasteiger charge is 2.63. The molecule has 0 saturated heterocycles. The highest BCUT2D eigenvalue weighted by Crippen LogP contribution is 2.68. The number of ether oxygens (including phenoxy) is 1. The normalized spacial score (nSPS) is 40.7. The summed E-state index contributed by atoms with van der Waals surface area (Å²) in [5, 5.41) is 11.8. The Morgan fingerprint density at radius 2 is 1.77 bits per heavy atom. The van der Waals surface area contributed by atoms with E-state index in [1.165, 1.54) is 7.11 Å². The minimum Gasteiger partial charge on any atom is -0.469 e. The molecule has 4 aliphatic rings. The summed E-state index contributed by atoms with van der Waals surface area (Å²) < 4.78 is 36.7. The van der Waals surface area contributed by atoms with E-state index in [2.05, 4.69) is 20.8 Å². The van der Waals surface area contributed by atoms with Crippen molar-refractivity contribution in [2.24, 2.45) is 46.3 Å². The van der Waals surface area contributed by atoms with Gasteiger partial charge in [-0.3, -0.25) is 8.98 Å². The highest BCUT2D eigenvalue weighted by molar-refractivity contribution is 7.86. The van der Waals surface area contributed by atoms with Gasteiger partial charge in [0.2, 0.25) is 0 Å². The van der Waals surface area contributed by atoms with Gasteiger partial charge in [-0.1, -0.05) is 38.5 Å². The number of aliphatic hydroxyl groups excluding tert-OH is 1. The van der Waals surface area contributed by atoms with Gasteiger partial charge in [0.1, 0.15) is 0 Å². The number of hydrogen-bond acceptors (Lipinski definition) is 6. The number of aryl methyl sites for hydroxylation is 1. The van der Waals surface area contributed by atoms with Gasteiger partial charge in [0, 0.05) is 6.42 Å². The van der Waals surface area contributed by atoms with E-state index in [1.807, 2.05) is 19.1 Å². The number of hydrogen-bond donors (Lipinski definition) is 1. The quantitative estimate of drug-likeness (QED) is 0.311. The zero-order valence-electron chi connectivity index (χ0n) is 24.4. The van der Waals surface area contributed by atoms with Crippen molar-refractivity contribution in [1.29, 1.82) is 0 Å². The molecule has 6 nitrogen and oxygen atoms in total. The van der Waals surface area contributed by atoms with Crippen LogP contribution in [0.1, 0.15) is 90.5 Å². The van der Waals surface area contributed by atoms with Crippen molar-refractivity contribution in [3.63, 3.8) is 0 Å². The van der Waals surface area contributed by atoms with Crippen molar-refractivity contribution in [2.75, 3.05) is 7.11 Å². The van der Waals surface area contributed by atoms with Crippen LogP contribution < -0.4 is 0 Å². The molecule has 1 aromatic rings. The van der Waals surface area contributed by atoms with Crippen molar-refractivity contribution in [3.8, 4) is 0 Å². The minimum atomic E-state index is -3.78. The summed E-state index contributed by atoms with van der Waals surface area (Å²) >= 11 is 0. The maximum Gasteiger partial charge on any atom is 0.305 e. The molecule has 4 aliphatic carbocycles. The summed E-state index contributed by atoms with van der Waals surface area (Å²) in [5.74, 6) is 2.63. The number of rotatable bonds is 7. The first kappa shape index (κ1) is 29.1. The molecule has 7 heteroatoms. The lowest BCUT2D eigenvalue weighted by atomic mass is 9.43. The molecule has 5 rings (SSSR count). The first-order valence-electron chi connectivity index (χ1n) is 15.1. The fourth-order valence-corrected chi connectivity index (χ4v) is 10.9. The predicted octanol–water partition coefficient (Wildman–Crippen LogP) is 6.29. The van der Waals surface area contributed by atoms with Crippen LogP contribution in [0.5, 0.6) is 0 Å². The maximum atomic E-state index is 13.0. The number of esters is 1. The molecule has 0 aromatic heterocycles. The second-order valence-electron chi connectivity index (χ2n) is 13.8. The molecular formula is C32H48O6S. The second kappa shape index (κ2) is 10.8. The van der Waals surface area contributed by atoms with Gasteiger partial charge in [-0.05, 0) is 123 Å². The summed E-state index contributed by atoms with van der Waals surface area (Å²) in [6, 6.07) is 6.89. The fraction of sp³-hybridized carbons (Fsp3) is 0.781. The van der Waals surface area contributed by atoms with E-state index < -0.39 is 10.1 Å². The Hall–Kier alpha value is -1.44. The summed E-state index contributed by atoms with van der Waals surface area (Å²) in [4.78, 5) is 12.0. The summed E-state index contributed by atoms with van der Waals surface area (Å²) in [5.41, 5.74) is 1.02. The Morgan fingerprint density at radius 3 is 2.46 bits per heavy atom. The maximum absolute atomic E-state index is 13.0. The number of carbonyl (C=O) groups excluding carboxylic acids is 1. The van der Waals surface area contributed by atoms with E-state index in [-0.39, 0.29) is 33.9 Å². The van der Waals surface area contributed by atoms with E-state index in [4.69, 9.17) is 8.92 Å².